The highest BCUT2D eigenvalue weighted by atomic mass is 16.7. The Morgan fingerprint density at radius 2 is 1.93 bits per heavy atom. The van der Waals surface area contributed by atoms with Crippen molar-refractivity contribution in [2.24, 2.45) is 0 Å². The number of piperidine rings is 1. The van der Waals surface area contributed by atoms with Gasteiger partial charge in [0.25, 0.3) is 0 Å². The summed E-state index contributed by atoms with van der Waals surface area (Å²) in [6.07, 6.45) is 2.60. The van der Waals surface area contributed by atoms with Gasteiger partial charge in [-0.3, -0.25) is 9.69 Å². The molecule has 5 nitrogen and oxygen atoms in total. The fourth-order valence-corrected chi connectivity index (χ4v) is 3.88. The van der Waals surface area contributed by atoms with E-state index in [1.54, 1.807) is 0 Å². The second-order valence-electron chi connectivity index (χ2n) is 7.40. The number of likely N-dealkylation sites (tertiary alicyclic amines) is 1. The normalized spacial score (nSPS) is 18.7. The van der Waals surface area contributed by atoms with Gasteiger partial charge in [-0.1, -0.05) is 36.4 Å². The van der Waals surface area contributed by atoms with Crippen LogP contribution in [-0.2, 0) is 17.8 Å². The highest BCUT2D eigenvalue weighted by Gasteiger charge is 2.26. The molecule has 2 aliphatic heterocycles. The summed E-state index contributed by atoms with van der Waals surface area (Å²) in [6.45, 7) is 2.82. The molecule has 0 spiro atoms. The fourth-order valence-electron chi connectivity index (χ4n) is 3.88. The molecule has 0 bridgehead atoms. The molecule has 1 atom stereocenters. The summed E-state index contributed by atoms with van der Waals surface area (Å²) in [5, 5.41) is 0. The molecule has 0 N–H and O–H groups in total. The average molecular weight is 366 g/mol. The zero-order valence-corrected chi connectivity index (χ0v) is 15.8. The van der Waals surface area contributed by atoms with Crippen molar-refractivity contribution in [1.82, 2.24) is 9.80 Å². The maximum Gasteiger partial charge on any atom is 0.231 e. The predicted octanol–water partition coefficient (Wildman–Crippen LogP) is 3.08. The van der Waals surface area contributed by atoms with E-state index in [0.29, 0.717) is 12.5 Å². The Hall–Kier alpha value is -2.53. The number of hydrogen-bond acceptors (Lipinski definition) is 4. The van der Waals surface area contributed by atoms with Crippen molar-refractivity contribution in [1.29, 1.82) is 0 Å². The largest absolute Gasteiger partial charge is 0.454 e. The molecule has 142 valence electrons. The van der Waals surface area contributed by atoms with Crippen LogP contribution in [0.4, 0.5) is 0 Å². The lowest BCUT2D eigenvalue weighted by atomic mass is 10.0. The number of benzene rings is 2. The molecule has 2 aliphatic rings. The van der Waals surface area contributed by atoms with Crippen LogP contribution in [-0.4, -0.2) is 48.7 Å². The number of carbonyl (C=O) groups is 1. The minimum atomic E-state index is 0.187. The summed E-state index contributed by atoms with van der Waals surface area (Å²) in [6, 6.07) is 16.7. The quantitative estimate of drug-likeness (QED) is 0.816. The van der Waals surface area contributed by atoms with Crippen LogP contribution >= 0.6 is 0 Å². The van der Waals surface area contributed by atoms with Crippen LogP contribution < -0.4 is 9.47 Å². The Balaban J connectivity index is 1.35. The third-order valence-electron chi connectivity index (χ3n) is 5.44. The Morgan fingerprint density at radius 3 is 2.78 bits per heavy atom. The van der Waals surface area contributed by atoms with Gasteiger partial charge in [-0.2, -0.15) is 0 Å². The number of likely N-dealkylation sites (N-methyl/N-ethyl adjacent to an activating group) is 1. The number of fused-ring (bicyclic) bond motifs is 1. The van der Waals surface area contributed by atoms with E-state index in [0.717, 1.165) is 49.5 Å². The van der Waals surface area contributed by atoms with Crippen molar-refractivity contribution in [3.8, 4) is 11.5 Å². The molecule has 2 aromatic carbocycles. The molecule has 0 radical (unpaired) electrons. The first kappa shape index (κ1) is 17.9. The van der Waals surface area contributed by atoms with Gasteiger partial charge in [-0.25, -0.2) is 0 Å². The van der Waals surface area contributed by atoms with E-state index in [1.165, 1.54) is 5.56 Å². The Labute approximate surface area is 160 Å². The minimum Gasteiger partial charge on any atom is -0.454 e. The monoisotopic (exact) mass is 366 g/mol. The lowest BCUT2D eigenvalue weighted by molar-refractivity contribution is -0.132. The molecule has 0 saturated carbocycles. The first-order valence-corrected chi connectivity index (χ1v) is 9.59. The van der Waals surface area contributed by atoms with Crippen molar-refractivity contribution < 1.29 is 14.3 Å². The van der Waals surface area contributed by atoms with Crippen LogP contribution in [0.2, 0.25) is 0 Å². The van der Waals surface area contributed by atoms with Gasteiger partial charge in [-0.05, 0) is 43.1 Å². The van der Waals surface area contributed by atoms with E-state index in [9.17, 15) is 4.79 Å². The van der Waals surface area contributed by atoms with Gasteiger partial charge in [0, 0.05) is 25.7 Å². The summed E-state index contributed by atoms with van der Waals surface area (Å²) in [4.78, 5) is 17.2. The number of ether oxygens (including phenoxy) is 2. The van der Waals surface area contributed by atoms with E-state index in [2.05, 4.69) is 36.2 Å². The van der Waals surface area contributed by atoms with Crippen molar-refractivity contribution >= 4 is 5.91 Å². The fraction of sp³-hybridized carbons (Fsp3) is 0.409. The van der Waals surface area contributed by atoms with E-state index < -0.39 is 0 Å². The topological polar surface area (TPSA) is 42.0 Å². The van der Waals surface area contributed by atoms with Crippen LogP contribution in [0, 0.1) is 0 Å². The van der Waals surface area contributed by atoms with Crippen LogP contribution in [0.25, 0.3) is 0 Å². The molecule has 1 saturated heterocycles. The van der Waals surface area contributed by atoms with Crippen molar-refractivity contribution in [2.75, 3.05) is 26.9 Å². The molecule has 0 aromatic heterocycles. The van der Waals surface area contributed by atoms with Crippen LogP contribution in [0.5, 0.6) is 11.5 Å². The molecule has 5 heteroatoms. The lowest BCUT2D eigenvalue weighted by Gasteiger charge is -2.37. The minimum absolute atomic E-state index is 0.187. The van der Waals surface area contributed by atoms with Gasteiger partial charge in [0.1, 0.15) is 0 Å². The third-order valence-corrected chi connectivity index (χ3v) is 5.44. The maximum absolute atomic E-state index is 12.8. The van der Waals surface area contributed by atoms with Gasteiger partial charge < -0.3 is 14.4 Å². The van der Waals surface area contributed by atoms with Crippen LogP contribution in [0.1, 0.15) is 24.0 Å². The number of carbonyl (C=O) groups excluding carboxylic acids is 1. The summed E-state index contributed by atoms with van der Waals surface area (Å²) < 4.78 is 10.8. The zero-order valence-electron chi connectivity index (χ0n) is 15.8. The molecule has 2 aromatic rings. The predicted molar refractivity (Wildman–Crippen MR) is 104 cm³/mol. The van der Waals surface area contributed by atoms with E-state index in [1.807, 2.05) is 29.2 Å². The number of hydrogen-bond donors (Lipinski definition) is 0. The van der Waals surface area contributed by atoms with Gasteiger partial charge >= 0.3 is 0 Å². The number of amides is 1. The SMILES string of the molecule is CN(Cc1ccccc1)C1CCCN(C(=O)Cc2ccc3c(c2)OCO3)C1. The van der Waals surface area contributed by atoms with Crippen molar-refractivity contribution in [2.45, 2.75) is 31.8 Å². The van der Waals surface area contributed by atoms with Crippen molar-refractivity contribution in [3.05, 3.63) is 59.7 Å². The smallest absolute Gasteiger partial charge is 0.231 e. The Kier molecular flexibility index (Phi) is 5.30. The van der Waals surface area contributed by atoms with Crippen molar-refractivity contribution in [3.63, 3.8) is 0 Å². The molecule has 1 unspecified atom stereocenters. The molecule has 2 heterocycles. The van der Waals surface area contributed by atoms with Gasteiger partial charge in [0.2, 0.25) is 12.7 Å². The summed E-state index contributed by atoms with van der Waals surface area (Å²) in [5.74, 6) is 1.68. The molecular weight excluding hydrogens is 340 g/mol. The summed E-state index contributed by atoms with van der Waals surface area (Å²) >= 11 is 0. The van der Waals surface area contributed by atoms with E-state index >= 15 is 0 Å². The lowest BCUT2D eigenvalue weighted by Crippen LogP contribution is -2.48. The molecule has 27 heavy (non-hydrogen) atoms. The Morgan fingerprint density at radius 1 is 1.11 bits per heavy atom. The van der Waals surface area contributed by atoms with Crippen LogP contribution in [0.15, 0.2) is 48.5 Å². The maximum atomic E-state index is 12.8. The highest BCUT2D eigenvalue weighted by molar-refractivity contribution is 5.79. The number of nitrogens with zero attached hydrogens (tertiary/aromatic N) is 2. The van der Waals surface area contributed by atoms with Gasteiger partial charge in [0.15, 0.2) is 11.5 Å². The van der Waals surface area contributed by atoms with Crippen LogP contribution in [0.3, 0.4) is 0 Å². The molecule has 1 amide bonds. The standard InChI is InChI=1S/C22H26N2O3/c1-23(14-17-6-3-2-4-7-17)19-8-5-11-24(15-19)22(25)13-18-9-10-20-21(12-18)27-16-26-20/h2-4,6-7,9-10,12,19H,5,8,11,13-16H2,1H3. The zero-order chi connectivity index (χ0) is 18.6. The number of rotatable bonds is 5. The van der Waals surface area contributed by atoms with Gasteiger partial charge in [0.05, 0.1) is 6.42 Å². The first-order chi connectivity index (χ1) is 13.2. The highest BCUT2D eigenvalue weighted by Crippen LogP contribution is 2.32. The first-order valence-electron chi connectivity index (χ1n) is 9.59. The van der Waals surface area contributed by atoms with E-state index in [4.69, 9.17) is 9.47 Å². The van der Waals surface area contributed by atoms with E-state index in [-0.39, 0.29) is 12.7 Å². The summed E-state index contributed by atoms with van der Waals surface area (Å²) in [5.41, 5.74) is 2.29. The second kappa shape index (κ2) is 8.01. The average Bonchev–Trinajstić information content (AvgIpc) is 3.16. The van der Waals surface area contributed by atoms with Gasteiger partial charge in [-0.15, -0.1) is 0 Å². The molecular formula is C22H26N2O3. The molecule has 4 rings (SSSR count). The summed E-state index contributed by atoms with van der Waals surface area (Å²) in [7, 11) is 2.16. The molecule has 0 aliphatic carbocycles. The Bertz CT molecular complexity index is 793. The molecule has 1 fully saturated rings. The second-order valence-corrected chi connectivity index (χ2v) is 7.40. The third kappa shape index (κ3) is 4.25.